The number of aryl methyl sites for hydroxylation is 2. The molecule has 1 N–H and O–H groups in total. The van der Waals surface area contributed by atoms with Crippen LogP contribution in [0.3, 0.4) is 0 Å². The Morgan fingerprint density at radius 1 is 1.19 bits per heavy atom. The van der Waals surface area contributed by atoms with Gasteiger partial charge in [-0.1, -0.05) is 17.6 Å². The molecule has 134 valence electrons. The molecule has 1 aromatic carbocycles. The van der Waals surface area contributed by atoms with Crippen LogP contribution in [0.4, 0.5) is 0 Å². The molecule has 0 unspecified atom stereocenters. The van der Waals surface area contributed by atoms with Crippen LogP contribution in [0, 0.1) is 6.92 Å². The van der Waals surface area contributed by atoms with Crippen LogP contribution in [0.1, 0.15) is 25.2 Å². The first-order valence-electron chi connectivity index (χ1n) is 8.65. The molecule has 0 saturated heterocycles. The smallest absolute Gasteiger partial charge is 0.333 e. The molecule has 7 heteroatoms. The number of fused-ring (bicyclic) bond motifs is 3. The molecule has 4 rings (SSSR count). The van der Waals surface area contributed by atoms with E-state index in [9.17, 15) is 9.90 Å². The maximum Gasteiger partial charge on any atom is 0.333 e. The van der Waals surface area contributed by atoms with E-state index >= 15 is 0 Å². The molecule has 6 nitrogen and oxygen atoms in total. The van der Waals surface area contributed by atoms with Crippen molar-refractivity contribution in [1.82, 2.24) is 19.1 Å². The van der Waals surface area contributed by atoms with Gasteiger partial charge in [0.25, 0.3) is 0 Å². The largest absolute Gasteiger partial charge is 0.384 e. The van der Waals surface area contributed by atoms with E-state index in [0.29, 0.717) is 28.1 Å². The average molecular weight is 358 g/mol. The molecule has 2 radical (unpaired) electrons. The Balaban J connectivity index is 2.12. The summed E-state index contributed by atoms with van der Waals surface area (Å²) in [5, 5.41) is 11.0. The van der Waals surface area contributed by atoms with E-state index in [1.165, 1.54) is 0 Å². The van der Waals surface area contributed by atoms with Gasteiger partial charge < -0.3 is 5.11 Å². The van der Waals surface area contributed by atoms with Gasteiger partial charge in [-0.15, -0.1) is 0 Å². The highest BCUT2D eigenvalue weighted by atomic mass is 16.3. The third kappa shape index (κ3) is 2.66. The fourth-order valence-corrected chi connectivity index (χ4v) is 3.37. The summed E-state index contributed by atoms with van der Waals surface area (Å²) in [4.78, 5) is 22.0. The second kappa shape index (κ2) is 5.79. The van der Waals surface area contributed by atoms with Gasteiger partial charge in [0.1, 0.15) is 13.4 Å². The first-order chi connectivity index (χ1) is 12.7. The van der Waals surface area contributed by atoms with Crippen molar-refractivity contribution < 1.29 is 5.11 Å². The van der Waals surface area contributed by atoms with Crippen LogP contribution in [0.15, 0.2) is 41.3 Å². The molecular formula is C20H19BN4O2. The quantitative estimate of drug-likeness (QED) is 0.553. The Bertz CT molecular complexity index is 1270. The maximum absolute atomic E-state index is 13.0. The number of aliphatic hydroxyl groups is 1. The number of pyridine rings is 2. The summed E-state index contributed by atoms with van der Waals surface area (Å²) in [6.45, 7) is 5.19. The highest BCUT2D eigenvalue weighted by molar-refractivity contribution is 6.33. The minimum Gasteiger partial charge on any atom is -0.384 e. The summed E-state index contributed by atoms with van der Waals surface area (Å²) < 4.78 is 3.20. The number of hydrogen-bond acceptors (Lipinski definition) is 4. The predicted octanol–water partition coefficient (Wildman–Crippen LogP) is 1.60. The third-order valence-electron chi connectivity index (χ3n) is 4.83. The van der Waals surface area contributed by atoms with E-state index in [-0.39, 0.29) is 5.69 Å². The Hall–Kier alpha value is -2.93. The normalized spacial score (nSPS) is 12.2. The van der Waals surface area contributed by atoms with Crippen molar-refractivity contribution in [3.05, 3.63) is 58.4 Å². The lowest BCUT2D eigenvalue weighted by Crippen LogP contribution is -2.23. The molecular weight excluding hydrogens is 339 g/mol. The van der Waals surface area contributed by atoms with Gasteiger partial charge in [-0.3, -0.25) is 19.1 Å². The number of hydrogen-bond donors (Lipinski definition) is 1. The van der Waals surface area contributed by atoms with Gasteiger partial charge in [0, 0.05) is 12.4 Å². The lowest BCUT2D eigenvalue weighted by Gasteiger charge is -2.18. The molecule has 0 saturated carbocycles. The third-order valence-corrected chi connectivity index (χ3v) is 4.83. The molecule has 4 aromatic rings. The molecule has 0 atom stereocenters. The van der Waals surface area contributed by atoms with Crippen LogP contribution in [-0.2, 0) is 12.6 Å². The molecule has 0 amide bonds. The van der Waals surface area contributed by atoms with Crippen LogP contribution in [-0.4, -0.2) is 32.1 Å². The molecule has 0 aliphatic carbocycles. The summed E-state index contributed by atoms with van der Waals surface area (Å²) in [7, 11) is 7.70. The fraction of sp³-hybridized carbons (Fsp3) is 0.250. The lowest BCUT2D eigenvalue weighted by atomic mass is 9.94. The average Bonchev–Trinajstić information content (AvgIpc) is 2.86. The van der Waals surface area contributed by atoms with Gasteiger partial charge in [0.2, 0.25) is 0 Å². The van der Waals surface area contributed by atoms with Crippen LogP contribution in [0.5, 0.6) is 0 Å². The lowest BCUT2D eigenvalue weighted by molar-refractivity contribution is 0.0737. The van der Waals surface area contributed by atoms with Crippen LogP contribution >= 0.6 is 0 Å². The SMILES string of the molecule is [B]c1ccc2ncc3c(c2c1)n(-c1ccc(C(C)(C)O)nc1C)c(=O)n3C. The number of imidazole rings is 1. The van der Waals surface area contributed by atoms with E-state index < -0.39 is 5.60 Å². The second-order valence-corrected chi connectivity index (χ2v) is 7.31. The van der Waals surface area contributed by atoms with E-state index in [4.69, 9.17) is 7.85 Å². The molecule has 0 spiro atoms. The number of nitrogens with zero attached hydrogens (tertiary/aromatic N) is 4. The Morgan fingerprint density at radius 2 is 1.93 bits per heavy atom. The Morgan fingerprint density at radius 3 is 2.59 bits per heavy atom. The van der Waals surface area contributed by atoms with Gasteiger partial charge in [-0.05, 0) is 39.0 Å². The van der Waals surface area contributed by atoms with Gasteiger partial charge in [-0.25, -0.2) is 4.79 Å². The molecule has 0 aliphatic rings. The molecule has 0 fully saturated rings. The highest BCUT2D eigenvalue weighted by Crippen LogP contribution is 2.26. The predicted molar refractivity (Wildman–Crippen MR) is 107 cm³/mol. The van der Waals surface area contributed by atoms with Crippen molar-refractivity contribution in [2.24, 2.45) is 7.05 Å². The van der Waals surface area contributed by atoms with Crippen LogP contribution < -0.4 is 11.2 Å². The van der Waals surface area contributed by atoms with Crippen molar-refractivity contribution in [2.45, 2.75) is 26.4 Å². The van der Waals surface area contributed by atoms with Crippen molar-refractivity contribution in [1.29, 1.82) is 0 Å². The zero-order valence-corrected chi connectivity index (χ0v) is 15.7. The van der Waals surface area contributed by atoms with E-state index in [1.807, 2.05) is 25.1 Å². The topological polar surface area (TPSA) is 72.9 Å². The van der Waals surface area contributed by atoms with Gasteiger partial charge in [-0.2, -0.15) is 0 Å². The zero-order valence-electron chi connectivity index (χ0n) is 15.7. The van der Waals surface area contributed by atoms with Crippen LogP contribution in [0.25, 0.3) is 27.6 Å². The standard InChI is InChI=1S/C20H19BN4O2/c1-11-15(7-8-17(23-11)20(2,3)27)25-18-13-9-12(21)5-6-14(13)22-10-16(18)24(4)19(25)26/h5-10,27H,1-4H3. The highest BCUT2D eigenvalue weighted by Gasteiger charge is 2.21. The van der Waals surface area contributed by atoms with Crippen LogP contribution in [0.2, 0.25) is 0 Å². The van der Waals surface area contributed by atoms with E-state index in [1.54, 1.807) is 48.4 Å². The second-order valence-electron chi connectivity index (χ2n) is 7.31. The van der Waals surface area contributed by atoms with Gasteiger partial charge >= 0.3 is 5.69 Å². The number of rotatable bonds is 2. The minimum absolute atomic E-state index is 0.192. The Kier molecular flexibility index (Phi) is 3.75. The molecule has 0 bridgehead atoms. The number of benzene rings is 1. The summed E-state index contributed by atoms with van der Waals surface area (Å²) in [6.07, 6.45) is 1.69. The monoisotopic (exact) mass is 358 g/mol. The van der Waals surface area contributed by atoms with E-state index in [2.05, 4.69) is 9.97 Å². The fourth-order valence-electron chi connectivity index (χ4n) is 3.37. The molecule has 27 heavy (non-hydrogen) atoms. The maximum atomic E-state index is 13.0. The molecule has 3 heterocycles. The van der Waals surface area contributed by atoms with Crippen molar-refractivity contribution in [2.75, 3.05) is 0 Å². The summed E-state index contributed by atoms with van der Waals surface area (Å²) >= 11 is 0. The molecule has 3 aromatic heterocycles. The van der Waals surface area contributed by atoms with Gasteiger partial charge in [0.05, 0.1) is 39.8 Å². The Labute approximate surface area is 157 Å². The first-order valence-corrected chi connectivity index (χ1v) is 8.65. The number of aromatic nitrogens is 4. The van der Waals surface area contributed by atoms with Crippen molar-refractivity contribution in [3.63, 3.8) is 0 Å². The first kappa shape index (κ1) is 17.5. The molecule has 0 aliphatic heterocycles. The van der Waals surface area contributed by atoms with E-state index in [0.717, 1.165) is 16.4 Å². The van der Waals surface area contributed by atoms with Crippen molar-refractivity contribution in [3.8, 4) is 5.69 Å². The van der Waals surface area contributed by atoms with Crippen molar-refractivity contribution >= 4 is 35.2 Å². The van der Waals surface area contributed by atoms with Gasteiger partial charge in [0.15, 0.2) is 0 Å². The summed E-state index contributed by atoms with van der Waals surface area (Å²) in [6, 6.07) is 9.01. The summed E-state index contributed by atoms with van der Waals surface area (Å²) in [5.41, 5.74) is 3.42. The zero-order chi connectivity index (χ0) is 19.5. The summed E-state index contributed by atoms with van der Waals surface area (Å²) in [5.74, 6) is 0. The minimum atomic E-state index is -1.06.